The van der Waals surface area contributed by atoms with Crippen molar-refractivity contribution in [3.05, 3.63) is 12.2 Å². The summed E-state index contributed by atoms with van der Waals surface area (Å²) in [6.45, 7) is 5.74. The van der Waals surface area contributed by atoms with Crippen molar-refractivity contribution >= 4 is 30.3 Å². The Balaban J connectivity index is 4.20. The van der Waals surface area contributed by atoms with Crippen molar-refractivity contribution in [2.75, 3.05) is 13.6 Å². The van der Waals surface area contributed by atoms with Gasteiger partial charge in [0.1, 0.15) is 18.6 Å². The maximum absolute atomic E-state index is 12.1. The van der Waals surface area contributed by atoms with E-state index in [9.17, 15) is 24.0 Å². The van der Waals surface area contributed by atoms with Crippen molar-refractivity contribution in [2.45, 2.75) is 58.5 Å². The molecule has 8 heteroatoms. The number of carbonyl (C=O) groups excluding carboxylic acids is 5. The van der Waals surface area contributed by atoms with E-state index in [0.717, 1.165) is 18.9 Å². The minimum atomic E-state index is -0.687. The third kappa shape index (κ3) is 10.9. The van der Waals surface area contributed by atoms with Gasteiger partial charge in [0.15, 0.2) is 0 Å². The first-order valence-corrected chi connectivity index (χ1v) is 9.14. The highest BCUT2D eigenvalue weighted by molar-refractivity contribution is 5.90. The van der Waals surface area contributed by atoms with Gasteiger partial charge in [-0.1, -0.05) is 20.3 Å². The van der Waals surface area contributed by atoms with Gasteiger partial charge >= 0.3 is 0 Å². The minimum absolute atomic E-state index is 0.105. The molecule has 0 aromatic heterocycles. The molecular formula is C19H31N3O5. The van der Waals surface area contributed by atoms with Crippen LogP contribution in [0, 0.1) is 5.92 Å². The average molecular weight is 381 g/mol. The fourth-order valence-corrected chi connectivity index (χ4v) is 2.30. The van der Waals surface area contributed by atoms with E-state index >= 15 is 0 Å². The van der Waals surface area contributed by atoms with Gasteiger partial charge in [-0.15, -0.1) is 0 Å². The Hall–Kier alpha value is -2.51. The Morgan fingerprint density at radius 2 is 1.67 bits per heavy atom. The van der Waals surface area contributed by atoms with Gasteiger partial charge in [0.05, 0.1) is 6.04 Å². The fraction of sp³-hybridized carbons (Fsp3) is 0.632. The van der Waals surface area contributed by atoms with Crippen LogP contribution in [0.5, 0.6) is 0 Å². The SMILES string of the molecule is CC(C=O)NC(=O)C(NC(=O)CCCCCN(C)C(=O)/C=C\C=O)C(C)C. The van der Waals surface area contributed by atoms with Gasteiger partial charge in [-0.25, -0.2) is 0 Å². The molecule has 0 aromatic rings. The maximum Gasteiger partial charge on any atom is 0.246 e. The van der Waals surface area contributed by atoms with E-state index in [1.807, 2.05) is 13.8 Å². The zero-order valence-corrected chi connectivity index (χ0v) is 16.6. The second-order valence-corrected chi connectivity index (χ2v) is 6.79. The molecule has 0 fully saturated rings. The van der Waals surface area contributed by atoms with Crippen LogP contribution in [-0.2, 0) is 24.0 Å². The van der Waals surface area contributed by atoms with Gasteiger partial charge < -0.3 is 20.3 Å². The number of carbonyl (C=O) groups is 5. The van der Waals surface area contributed by atoms with E-state index in [1.54, 1.807) is 14.0 Å². The van der Waals surface area contributed by atoms with E-state index in [0.29, 0.717) is 25.5 Å². The lowest BCUT2D eigenvalue weighted by atomic mass is 10.0. The number of nitrogens with zero attached hydrogens (tertiary/aromatic N) is 1. The molecule has 3 amide bonds. The molecule has 0 aromatic carbocycles. The number of unbranched alkanes of at least 4 members (excludes halogenated alkanes) is 2. The molecule has 0 bridgehead atoms. The van der Waals surface area contributed by atoms with Crippen LogP contribution in [0.3, 0.4) is 0 Å². The monoisotopic (exact) mass is 381 g/mol. The van der Waals surface area contributed by atoms with Crippen LogP contribution in [-0.4, -0.2) is 60.9 Å². The van der Waals surface area contributed by atoms with Gasteiger partial charge in [0.25, 0.3) is 0 Å². The summed E-state index contributed by atoms with van der Waals surface area (Å²) >= 11 is 0. The van der Waals surface area contributed by atoms with Crippen molar-refractivity contribution in [1.29, 1.82) is 0 Å². The predicted octanol–water partition coefficient (Wildman–Crippen LogP) is 0.605. The molecule has 0 saturated carbocycles. The van der Waals surface area contributed by atoms with E-state index < -0.39 is 12.1 Å². The second-order valence-electron chi connectivity index (χ2n) is 6.79. The minimum Gasteiger partial charge on any atom is -0.345 e. The quantitative estimate of drug-likeness (QED) is 0.276. The van der Waals surface area contributed by atoms with Crippen LogP contribution in [0.25, 0.3) is 0 Å². The first-order chi connectivity index (χ1) is 12.7. The van der Waals surface area contributed by atoms with E-state index in [1.165, 1.54) is 11.0 Å². The van der Waals surface area contributed by atoms with Crippen LogP contribution < -0.4 is 10.6 Å². The summed E-state index contributed by atoms with van der Waals surface area (Å²) in [5.74, 6) is -0.940. The number of amides is 3. The molecule has 0 aliphatic rings. The molecule has 2 unspecified atom stereocenters. The number of hydrogen-bond donors (Lipinski definition) is 2. The molecule has 0 aliphatic carbocycles. The Labute approximate surface area is 160 Å². The highest BCUT2D eigenvalue weighted by atomic mass is 16.2. The Bertz CT molecular complexity index is 545. The summed E-state index contributed by atoms with van der Waals surface area (Å²) < 4.78 is 0. The lowest BCUT2D eigenvalue weighted by Gasteiger charge is -2.22. The number of aldehydes is 2. The van der Waals surface area contributed by atoms with Crippen LogP contribution in [0.2, 0.25) is 0 Å². The van der Waals surface area contributed by atoms with Crippen LogP contribution in [0.1, 0.15) is 46.5 Å². The van der Waals surface area contributed by atoms with Crippen molar-refractivity contribution in [3.63, 3.8) is 0 Å². The third-order valence-corrected chi connectivity index (χ3v) is 3.93. The Morgan fingerprint density at radius 1 is 1.00 bits per heavy atom. The van der Waals surface area contributed by atoms with Crippen molar-refractivity contribution in [1.82, 2.24) is 15.5 Å². The lowest BCUT2D eigenvalue weighted by Crippen LogP contribution is -2.51. The molecule has 2 N–H and O–H groups in total. The molecule has 2 atom stereocenters. The van der Waals surface area contributed by atoms with Crippen molar-refractivity contribution in [3.8, 4) is 0 Å². The predicted molar refractivity (Wildman–Crippen MR) is 102 cm³/mol. The summed E-state index contributed by atoms with van der Waals surface area (Å²) in [6, 6.07) is -1.29. The number of nitrogens with one attached hydrogen (secondary N) is 2. The maximum atomic E-state index is 12.1. The number of allylic oxidation sites excluding steroid dienone is 1. The summed E-state index contributed by atoms with van der Waals surface area (Å²) in [7, 11) is 1.65. The molecule has 8 nitrogen and oxygen atoms in total. The summed E-state index contributed by atoms with van der Waals surface area (Å²) in [5, 5.41) is 5.26. The zero-order chi connectivity index (χ0) is 20.8. The van der Waals surface area contributed by atoms with Gasteiger partial charge in [-0.2, -0.15) is 0 Å². The fourth-order valence-electron chi connectivity index (χ4n) is 2.30. The largest absolute Gasteiger partial charge is 0.345 e. The van der Waals surface area contributed by atoms with Gasteiger partial charge in [0.2, 0.25) is 17.7 Å². The molecule has 0 radical (unpaired) electrons. The lowest BCUT2D eigenvalue weighted by molar-refractivity contribution is -0.131. The van der Waals surface area contributed by atoms with Crippen LogP contribution in [0.15, 0.2) is 12.2 Å². The molecule has 0 rings (SSSR count). The smallest absolute Gasteiger partial charge is 0.246 e. The first-order valence-electron chi connectivity index (χ1n) is 9.14. The van der Waals surface area contributed by atoms with Crippen LogP contribution in [0.4, 0.5) is 0 Å². The highest BCUT2D eigenvalue weighted by Gasteiger charge is 2.24. The normalized spacial score (nSPS) is 13.1. The summed E-state index contributed by atoms with van der Waals surface area (Å²) in [4.78, 5) is 58.1. The molecule has 0 spiro atoms. The van der Waals surface area contributed by atoms with Crippen LogP contribution >= 0.6 is 0 Å². The Morgan fingerprint density at radius 3 is 2.22 bits per heavy atom. The second kappa shape index (κ2) is 13.7. The van der Waals surface area contributed by atoms with Gasteiger partial charge in [-0.05, 0) is 31.8 Å². The topological polar surface area (TPSA) is 113 Å². The van der Waals surface area contributed by atoms with Crippen molar-refractivity contribution in [2.24, 2.45) is 5.92 Å². The molecule has 0 aliphatic heterocycles. The molecule has 0 saturated heterocycles. The number of hydrogen-bond acceptors (Lipinski definition) is 5. The van der Waals surface area contributed by atoms with E-state index in [4.69, 9.17) is 0 Å². The molecular weight excluding hydrogens is 350 g/mol. The molecule has 152 valence electrons. The van der Waals surface area contributed by atoms with E-state index in [2.05, 4.69) is 10.6 Å². The number of likely N-dealkylation sites (N-methyl/N-ethyl adjacent to an activating group) is 1. The van der Waals surface area contributed by atoms with Crippen molar-refractivity contribution < 1.29 is 24.0 Å². The Kier molecular flexibility index (Phi) is 12.4. The van der Waals surface area contributed by atoms with Gasteiger partial charge in [0, 0.05) is 26.1 Å². The van der Waals surface area contributed by atoms with Gasteiger partial charge in [-0.3, -0.25) is 19.2 Å². The van der Waals surface area contributed by atoms with E-state index in [-0.39, 0.29) is 30.1 Å². The molecule has 27 heavy (non-hydrogen) atoms. The zero-order valence-electron chi connectivity index (χ0n) is 16.6. The summed E-state index contributed by atoms with van der Waals surface area (Å²) in [6.07, 6.45) is 5.95. The highest BCUT2D eigenvalue weighted by Crippen LogP contribution is 2.06. The third-order valence-electron chi connectivity index (χ3n) is 3.93. The average Bonchev–Trinajstić information content (AvgIpc) is 2.62. The standard InChI is InChI=1S/C19H31N3O5/c1-14(2)18(19(27)20-15(3)13-24)21-16(25)9-6-5-7-11-22(4)17(26)10-8-12-23/h8,10,12-15,18H,5-7,9,11H2,1-4H3,(H,20,27)(H,21,25)/b10-8-. The molecule has 0 heterocycles. The summed E-state index contributed by atoms with van der Waals surface area (Å²) in [5.41, 5.74) is 0. The number of rotatable bonds is 13. The first kappa shape index (κ1) is 24.5.